The first-order valence-corrected chi connectivity index (χ1v) is 7.51. The molecule has 0 spiro atoms. The van der Waals surface area contributed by atoms with Gasteiger partial charge in [0.1, 0.15) is 0 Å². The molecule has 0 fully saturated rings. The van der Waals surface area contributed by atoms with E-state index in [1.54, 1.807) is 6.07 Å². The highest BCUT2D eigenvalue weighted by Crippen LogP contribution is 2.27. The summed E-state index contributed by atoms with van der Waals surface area (Å²) in [7, 11) is 0. The van der Waals surface area contributed by atoms with Crippen molar-refractivity contribution in [2.45, 2.75) is 6.54 Å². The van der Waals surface area contributed by atoms with Gasteiger partial charge in [-0.05, 0) is 23.8 Å². The number of nitro benzene ring substituents is 1. The van der Waals surface area contributed by atoms with Crippen LogP contribution in [0.3, 0.4) is 0 Å². The number of aliphatic hydroxyl groups is 1. The van der Waals surface area contributed by atoms with Crippen LogP contribution in [0.2, 0.25) is 0 Å². The van der Waals surface area contributed by atoms with E-state index in [4.69, 9.17) is 5.11 Å². The molecule has 0 heterocycles. The lowest BCUT2D eigenvalue weighted by Gasteiger charge is -2.13. The number of benzene rings is 2. The van der Waals surface area contributed by atoms with E-state index in [2.05, 4.69) is 26.6 Å². The lowest BCUT2D eigenvalue weighted by atomic mass is 10.2. The molecule has 0 saturated heterocycles. The van der Waals surface area contributed by atoms with E-state index in [1.165, 1.54) is 12.1 Å². The van der Waals surface area contributed by atoms with Crippen molar-refractivity contribution < 1.29 is 10.0 Å². The van der Waals surface area contributed by atoms with Gasteiger partial charge in [0.15, 0.2) is 0 Å². The van der Waals surface area contributed by atoms with Gasteiger partial charge in [-0.25, -0.2) is 0 Å². The maximum absolute atomic E-state index is 10.9. The van der Waals surface area contributed by atoms with E-state index >= 15 is 0 Å². The highest BCUT2D eigenvalue weighted by Gasteiger charge is 2.10. The van der Waals surface area contributed by atoms with Gasteiger partial charge in [0.25, 0.3) is 5.69 Å². The first-order chi connectivity index (χ1) is 10.6. The first kappa shape index (κ1) is 16.3. The Morgan fingerprint density at radius 1 is 1.14 bits per heavy atom. The fraction of sp³-hybridized carbons (Fsp3) is 0.200. The Labute approximate surface area is 136 Å². The van der Waals surface area contributed by atoms with Crippen LogP contribution in [-0.4, -0.2) is 23.2 Å². The van der Waals surface area contributed by atoms with Crippen LogP contribution in [0, 0.1) is 10.1 Å². The van der Waals surface area contributed by atoms with Gasteiger partial charge in [0.05, 0.1) is 22.9 Å². The maximum atomic E-state index is 10.9. The van der Waals surface area contributed by atoms with Gasteiger partial charge in [0.2, 0.25) is 0 Å². The number of rotatable bonds is 7. The summed E-state index contributed by atoms with van der Waals surface area (Å²) in [6.07, 6.45) is 0. The molecule has 7 heteroatoms. The van der Waals surface area contributed by atoms with E-state index < -0.39 is 4.92 Å². The minimum absolute atomic E-state index is 0.0118. The molecule has 6 nitrogen and oxygen atoms in total. The van der Waals surface area contributed by atoms with Crippen LogP contribution in [-0.2, 0) is 6.54 Å². The van der Waals surface area contributed by atoms with Crippen molar-refractivity contribution in [3.63, 3.8) is 0 Å². The summed E-state index contributed by atoms with van der Waals surface area (Å²) < 4.78 is 0.976. The van der Waals surface area contributed by atoms with Gasteiger partial charge in [-0.3, -0.25) is 10.1 Å². The minimum Gasteiger partial charge on any atom is -0.395 e. The van der Waals surface area contributed by atoms with Crippen LogP contribution < -0.4 is 10.6 Å². The van der Waals surface area contributed by atoms with Gasteiger partial charge >= 0.3 is 0 Å². The van der Waals surface area contributed by atoms with Crippen molar-refractivity contribution in [1.82, 2.24) is 0 Å². The molecule has 0 aliphatic heterocycles. The molecule has 22 heavy (non-hydrogen) atoms. The van der Waals surface area contributed by atoms with E-state index in [-0.39, 0.29) is 12.3 Å². The van der Waals surface area contributed by atoms with Crippen molar-refractivity contribution in [3.8, 4) is 0 Å². The van der Waals surface area contributed by atoms with Crippen LogP contribution in [0.5, 0.6) is 0 Å². The normalized spacial score (nSPS) is 10.3. The highest BCUT2D eigenvalue weighted by molar-refractivity contribution is 9.10. The van der Waals surface area contributed by atoms with Crippen LogP contribution >= 0.6 is 15.9 Å². The van der Waals surface area contributed by atoms with Crippen molar-refractivity contribution >= 4 is 33.0 Å². The topological polar surface area (TPSA) is 87.4 Å². The van der Waals surface area contributed by atoms with Crippen LogP contribution in [0.1, 0.15) is 5.56 Å². The summed E-state index contributed by atoms with van der Waals surface area (Å²) in [6, 6.07) is 12.4. The Balaban J connectivity index is 2.18. The van der Waals surface area contributed by atoms with Crippen LogP contribution in [0.25, 0.3) is 0 Å². The van der Waals surface area contributed by atoms with E-state index in [9.17, 15) is 10.1 Å². The minimum atomic E-state index is -0.430. The second kappa shape index (κ2) is 7.77. The molecule has 0 unspecified atom stereocenters. The molecule has 0 aromatic heterocycles. The maximum Gasteiger partial charge on any atom is 0.271 e. The van der Waals surface area contributed by atoms with Crippen molar-refractivity contribution in [2.24, 2.45) is 0 Å². The molecule has 3 N–H and O–H groups in total. The molecule has 0 amide bonds. The molecule has 2 aromatic carbocycles. The van der Waals surface area contributed by atoms with E-state index in [1.807, 2.05) is 24.3 Å². The third kappa shape index (κ3) is 4.44. The smallest absolute Gasteiger partial charge is 0.271 e. The lowest BCUT2D eigenvalue weighted by molar-refractivity contribution is -0.384. The number of nitrogens with one attached hydrogen (secondary N) is 2. The third-order valence-electron chi connectivity index (χ3n) is 3.01. The molecule has 116 valence electrons. The third-order valence-corrected chi connectivity index (χ3v) is 3.51. The molecule has 2 rings (SSSR count). The Hall–Kier alpha value is -2.12. The number of anilines is 2. The zero-order valence-electron chi connectivity index (χ0n) is 11.8. The summed E-state index contributed by atoms with van der Waals surface area (Å²) in [5.41, 5.74) is 2.41. The summed E-state index contributed by atoms with van der Waals surface area (Å²) in [6.45, 7) is 0.903. The summed E-state index contributed by atoms with van der Waals surface area (Å²) in [5, 5.41) is 26.0. The number of hydrogen-bond donors (Lipinski definition) is 3. The van der Waals surface area contributed by atoms with Crippen molar-refractivity contribution in [2.75, 3.05) is 23.8 Å². The Kier molecular flexibility index (Phi) is 5.74. The summed E-state index contributed by atoms with van der Waals surface area (Å²) in [5.74, 6) is 0. The largest absolute Gasteiger partial charge is 0.395 e. The lowest BCUT2D eigenvalue weighted by Crippen LogP contribution is -2.09. The SMILES string of the molecule is O=[N+]([O-])c1ccc(NCCO)c(NCc2cccc(Br)c2)c1. The number of nitrogens with zero attached hydrogens (tertiary/aromatic N) is 1. The average Bonchev–Trinajstić information content (AvgIpc) is 2.51. The van der Waals surface area contributed by atoms with Gasteiger partial charge in [0, 0.05) is 29.7 Å². The molecule has 0 radical (unpaired) electrons. The van der Waals surface area contributed by atoms with Crippen LogP contribution in [0.4, 0.5) is 17.1 Å². The second-order valence-electron chi connectivity index (χ2n) is 4.62. The van der Waals surface area contributed by atoms with Crippen molar-refractivity contribution in [1.29, 1.82) is 0 Å². The number of halogens is 1. The van der Waals surface area contributed by atoms with Gasteiger partial charge in [-0.1, -0.05) is 28.1 Å². The molecule has 0 aliphatic rings. The van der Waals surface area contributed by atoms with Gasteiger partial charge < -0.3 is 15.7 Å². The molecule has 0 aliphatic carbocycles. The number of aliphatic hydroxyl groups excluding tert-OH is 1. The predicted molar refractivity (Wildman–Crippen MR) is 90.1 cm³/mol. The zero-order chi connectivity index (χ0) is 15.9. The summed E-state index contributed by atoms with van der Waals surface area (Å²) in [4.78, 5) is 10.5. The van der Waals surface area contributed by atoms with Gasteiger partial charge in [-0.15, -0.1) is 0 Å². The predicted octanol–water partition coefficient (Wildman–Crippen LogP) is 3.37. The summed E-state index contributed by atoms with van der Waals surface area (Å²) >= 11 is 3.41. The second-order valence-corrected chi connectivity index (χ2v) is 5.54. The molecule has 2 aromatic rings. The molecule has 0 bridgehead atoms. The fourth-order valence-corrected chi connectivity index (χ4v) is 2.43. The number of non-ortho nitro benzene ring substituents is 1. The Bertz CT molecular complexity index is 664. The van der Waals surface area contributed by atoms with E-state index in [0.29, 0.717) is 18.8 Å². The van der Waals surface area contributed by atoms with E-state index in [0.717, 1.165) is 15.7 Å². The quantitative estimate of drug-likeness (QED) is 0.517. The monoisotopic (exact) mass is 365 g/mol. The van der Waals surface area contributed by atoms with Gasteiger partial charge in [-0.2, -0.15) is 0 Å². The molecular formula is C15H16BrN3O3. The standard InChI is InChI=1S/C15H16BrN3O3/c16-12-3-1-2-11(8-12)10-18-15-9-13(19(21)22)4-5-14(15)17-6-7-20/h1-5,8-9,17-18,20H,6-7,10H2. The Morgan fingerprint density at radius 3 is 2.64 bits per heavy atom. The molecule has 0 atom stereocenters. The number of hydrogen-bond acceptors (Lipinski definition) is 5. The zero-order valence-corrected chi connectivity index (χ0v) is 13.3. The highest BCUT2D eigenvalue weighted by atomic mass is 79.9. The molecule has 0 saturated carbocycles. The molecular weight excluding hydrogens is 350 g/mol. The fourth-order valence-electron chi connectivity index (χ4n) is 1.98. The first-order valence-electron chi connectivity index (χ1n) is 6.71. The van der Waals surface area contributed by atoms with Crippen molar-refractivity contribution in [3.05, 3.63) is 62.6 Å². The average molecular weight is 366 g/mol. The number of nitro groups is 1. The van der Waals surface area contributed by atoms with Crippen LogP contribution in [0.15, 0.2) is 46.9 Å². The Morgan fingerprint density at radius 2 is 1.95 bits per heavy atom.